The molecule has 0 radical (unpaired) electrons. The van der Waals surface area contributed by atoms with Crippen LogP contribution in [0.4, 0.5) is 0 Å². The minimum atomic E-state index is -0.0447. The lowest BCUT2D eigenvalue weighted by Gasteiger charge is -2.07. The number of rotatable bonds is 5. The van der Waals surface area contributed by atoms with Gasteiger partial charge in [-0.15, -0.1) is 0 Å². The lowest BCUT2D eigenvalue weighted by molar-refractivity contribution is 0.310. The third-order valence-electron chi connectivity index (χ3n) is 5.31. The molecule has 2 heterocycles. The van der Waals surface area contributed by atoms with Crippen molar-refractivity contribution in [1.29, 1.82) is 0 Å². The molecule has 0 spiro atoms. The normalized spacial score (nSPS) is 19.8. The summed E-state index contributed by atoms with van der Waals surface area (Å²) in [7, 11) is 0. The first-order valence-electron chi connectivity index (χ1n) is 10.3. The Morgan fingerprint density at radius 1 is 0.710 bits per heavy atom. The number of nitrogens with zero attached hydrogens (tertiary/aromatic N) is 2. The van der Waals surface area contributed by atoms with Crippen LogP contribution in [0.25, 0.3) is 6.08 Å². The topological polar surface area (TPSA) is 43.2 Å². The molecule has 0 amide bonds. The van der Waals surface area contributed by atoms with Crippen molar-refractivity contribution in [1.82, 2.24) is 0 Å². The molecule has 0 saturated carbocycles. The molecule has 0 saturated heterocycles. The SMILES string of the molecule is Clc1ccc(C=C(C2=N[C@@H](c3ccccc3)CO2)C2=N[C@@H](c3ccccc3)CO2)cc1. The van der Waals surface area contributed by atoms with Crippen LogP contribution in [0.3, 0.4) is 0 Å². The summed E-state index contributed by atoms with van der Waals surface area (Å²) in [4.78, 5) is 9.71. The van der Waals surface area contributed by atoms with Gasteiger partial charge in [0.05, 0.1) is 5.57 Å². The average molecular weight is 429 g/mol. The summed E-state index contributed by atoms with van der Waals surface area (Å²) >= 11 is 6.06. The van der Waals surface area contributed by atoms with Crippen LogP contribution in [0.2, 0.25) is 5.02 Å². The molecule has 0 unspecified atom stereocenters. The zero-order chi connectivity index (χ0) is 21.0. The molecule has 0 N–H and O–H groups in total. The second-order valence-corrected chi connectivity index (χ2v) is 7.89. The molecule has 154 valence electrons. The van der Waals surface area contributed by atoms with Crippen LogP contribution in [0.1, 0.15) is 28.8 Å². The van der Waals surface area contributed by atoms with Crippen molar-refractivity contribution in [3.8, 4) is 0 Å². The first kappa shape index (κ1) is 19.6. The molecule has 2 aliphatic rings. The van der Waals surface area contributed by atoms with Gasteiger partial charge in [0.15, 0.2) is 0 Å². The van der Waals surface area contributed by atoms with Gasteiger partial charge in [-0.2, -0.15) is 0 Å². The maximum Gasteiger partial charge on any atom is 0.222 e. The zero-order valence-corrected chi connectivity index (χ0v) is 17.6. The fourth-order valence-corrected chi connectivity index (χ4v) is 3.80. The Labute approximate surface area is 186 Å². The van der Waals surface area contributed by atoms with Crippen LogP contribution in [0.15, 0.2) is 100 Å². The largest absolute Gasteiger partial charge is 0.475 e. The summed E-state index contributed by atoms with van der Waals surface area (Å²) in [5.74, 6) is 1.10. The van der Waals surface area contributed by atoms with Crippen molar-refractivity contribution >= 4 is 29.5 Å². The van der Waals surface area contributed by atoms with E-state index in [0.29, 0.717) is 30.0 Å². The Hall–Kier alpha value is -3.37. The van der Waals surface area contributed by atoms with Gasteiger partial charge in [-0.1, -0.05) is 84.4 Å². The molecular weight excluding hydrogens is 408 g/mol. The summed E-state index contributed by atoms with van der Waals surface area (Å²) < 4.78 is 12.1. The number of halogens is 1. The second kappa shape index (κ2) is 8.78. The highest BCUT2D eigenvalue weighted by Gasteiger charge is 2.30. The monoisotopic (exact) mass is 428 g/mol. The third-order valence-corrected chi connectivity index (χ3v) is 5.56. The number of hydrogen-bond acceptors (Lipinski definition) is 4. The van der Waals surface area contributed by atoms with E-state index < -0.39 is 0 Å². The summed E-state index contributed by atoms with van der Waals surface area (Å²) in [6.07, 6.45) is 1.99. The Kier molecular flexibility index (Phi) is 5.55. The predicted molar refractivity (Wildman–Crippen MR) is 125 cm³/mol. The Morgan fingerprint density at radius 2 is 1.19 bits per heavy atom. The highest BCUT2D eigenvalue weighted by molar-refractivity contribution is 6.30. The summed E-state index contributed by atoms with van der Waals surface area (Å²) in [6.45, 7) is 0.986. The van der Waals surface area contributed by atoms with E-state index in [2.05, 4.69) is 24.3 Å². The second-order valence-electron chi connectivity index (χ2n) is 7.45. The van der Waals surface area contributed by atoms with Gasteiger partial charge in [-0.3, -0.25) is 0 Å². The first-order valence-corrected chi connectivity index (χ1v) is 10.6. The van der Waals surface area contributed by atoms with Crippen molar-refractivity contribution in [2.24, 2.45) is 9.98 Å². The standard InChI is InChI=1S/C26H21ClN2O2/c27-21-13-11-18(12-14-21)15-22(25-28-23(16-30-25)19-7-3-1-4-8-19)26-29-24(17-31-26)20-9-5-2-6-10-20/h1-15,23-24H,16-17H2/t23-,24-/m1/s1. The molecule has 5 rings (SSSR count). The smallest absolute Gasteiger partial charge is 0.222 e. The molecule has 0 bridgehead atoms. The van der Waals surface area contributed by atoms with Crippen molar-refractivity contribution in [3.63, 3.8) is 0 Å². The van der Waals surface area contributed by atoms with Crippen molar-refractivity contribution < 1.29 is 9.47 Å². The van der Waals surface area contributed by atoms with Crippen LogP contribution in [-0.2, 0) is 9.47 Å². The van der Waals surface area contributed by atoms with Gasteiger partial charge >= 0.3 is 0 Å². The molecule has 5 heteroatoms. The zero-order valence-electron chi connectivity index (χ0n) is 16.8. The van der Waals surface area contributed by atoms with Gasteiger partial charge in [0.2, 0.25) is 11.8 Å². The average Bonchev–Trinajstić information content (AvgIpc) is 3.51. The van der Waals surface area contributed by atoms with Gasteiger partial charge in [-0.25, -0.2) is 9.98 Å². The van der Waals surface area contributed by atoms with Crippen LogP contribution in [-0.4, -0.2) is 25.0 Å². The Morgan fingerprint density at radius 3 is 1.68 bits per heavy atom. The van der Waals surface area contributed by atoms with Crippen molar-refractivity contribution in [2.45, 2.75) is 12.1 Å². The first-order chi connectivity index (χ1) is 15.3. The van der Waals surface area contributed by atoms with Crippen molar-refractivity contribution in [2.75, 3.05) is 13.2 Å². The van der Waals surface area contributed by atoms with Crippen molar-refractivity contribution in [3.05, 3.63) is 112 Å². The van der Waals surface area contributed by atoms with E-state index in [1.54, 1.807) is 0 Å². The fraction of sp³-hybridized carbons (Fsp3) is 0.154. The lowest BCUT2D eigenvalue weighted by atomic mass is 10.1. The van der Waals surface area contributed by atoms with Gasteiger partial charge in [-0.05, 0) is 34.9 Å². The molecular formula is C26H21ClN2O2. The molecule has 0 fully saturated rings. The number of ether oxygens (including phenoxy) is 2. The van der Waals surface area contributed by atoms with E-state index in [4.69, 9.17) is 31.1 Å². The molecule has 31 heavy (non-hydrogen) atoms. The number of benzene rings is 3. The Bertz CT molecular complexity index is 1070. The molecule has 0 aromatic heterocycles. The molecule has 3 aromatic rings. The maximum absolute atomic E-state index is 6.06. The Balaban J connectivity index is 1.51. The van der Waals surface area contributed by atoms with E-state index in [0.717, 1.165) is 22.3 Å². The summed E-state index contributed by atoms with van der Waals surface area (Å²) in [5, 5.41) is 0.691. The summed E-state index contributed by atoms with van der Waals surface area (Å²) in [6, 6.07) is 27.9. The van der Waals surface area contributed by atoms with E-state index in [1.807, 2.05) is 66.7 Å². The van der Waals surface area contributed by atoms with Crippen LogP contribution in [0, 0.1) is 0 Å². The van der Waals surface area contributed by atoms with Gasteiger partial charge in [0.1, 0.15) is 25.3 Å². The minimum absolute atomic E-state index is 0.0447. The molecule has 2 aliphatic heterocycles. The van der Waals surface area contributed by atoms with Gasteiger partial charge in [0.25, 0.3) is 0 Å². The number of aliphatic imine (C=N–C) groups is 2. The van der Waals surface area contributed by atoms with E-state index in [9.17, 15) is 0 Å². The molecule has 0 aliphatic carbocycles. The highest BCUT2D eigenvalue weighted by atomic mass is 35.5. The maximum atomic E-state index is 6.06. The van der Waals surface area contributed by atoms with E-state index in [1.165, 1.54) is 0 Å². The fourth-order valence-electron chi connectivity index (χ4n) is 3.67. The van der Waals surface area contributed by atoms with E-state index >= 15 is 0 Å². The summed E-state index contributed by atoms with van der Waals surface area (Å²) in [5.41, 5.74) is 3.97. The molecule has 3 aromatic carbocycles. The molecule has 4 nitrogen and oxygen atoms in total. The van der Waals surface area contributed by atoms with E-state index in [-0.39, 0.29) is 12.1 Å². The predicted octanol–water partition coefficient (Wildman–Crippen LogP) is 6.06. The van der Waals surface area contributed by atoms with Crippen LogP contribution in [0.5, 0.6) is 0 Å². The lowest BCUT2D eigenvalue weighted by Crippen LogP contribution is -2.14. The van der Waals surface area contributed by atoms with Gasteiger partial charge in [0, 0.05) is 5.02 Å². The highest BCUT2D eigenvalue weighted by Crippen LogP contribution is 2.30. The third kappa shape index (κ3) is 4.39. The van der Waals surface area contributed by atoms with Crippen LogP contribution < -0.4 is 0 Å². The van der Waals surface area contributed by atoms with Gasteiger partial charge < -0.3 is 9.47 Å². The molecule has 2 atom stereocenters. The van der Waals surface area contributed by atoms with Crippen LogP contribution >= 0.6 is 11.6 Å². The minimum Gasteiger partial charge on any atom is -0.475 e. The quantitative estimate of drug-likeness (QED) is 0.495. The number of hydrogen-bond donors (Lipinski definition) is 0.